The predicted molar refractivity (Wildman–Crippen MR) is 124 cm³/mol. The van der Waals surface area contributed by atoms with Gasteiger partial charge in [-0.1, -0.05) is 24.3 Å². The maximum atomic E-state index is 12.7. The van der Waals surface area contributed by atoms with Crippen LogP contribution in [-0.4, -0.2) is 39.6 Å². The molecule has 2 heterocycles. The lowest BCUT2D eigenvalue weighted by atomic mass is 10.0. The van der Waals surface area contributed by atoms with Gasteiger partial charge in [0, 0.05) is 17.3 Å². The highest BCUT2D eigenvalue weighted by Crippen LogP contribution is 2.34. The average molecular weight is 462 g/mol. The molecular weight excluding hydrogens is 444 g/mol. The molecule has 1 fully saturated rings. The van der Waals surface area contributed by atoms with Gasteiger partial charge in [0.25, 0.3) is 11.1 Å². The summed E-state index contributed by atoms with van der Waals surface area (Å²) in [5.74, 6) is -1.22. The number of nitrogens with one attached hydrogen (secondary N) is 1. The van der Waals surface area contributed by atoms with Gasteiger partial charge in [0.2, 0.25) is 5.91 Å². The molecule has 0 bridgehead atoms. The van der Waals surface area contributed by atoms with Crippen molar-refractivity contribution in [3.05, 3.63) is 82.5 Å². The van der Waals surface area contributed by atoms with Gasteiger partial charge in [-0.15, -0.1) is 0 Å². The minimum absolute atomic E-state index is 0.145. The van der Waals surface area contributed by atoms with E-state index in [2.05, 4.69) is 5.32 Å². The highest BCUT2D eigenvalue weighted by molar-refractivity contribution is 8.18. The Morgan fingerprint density at radius 2 is 1.85 bits per heavy atom. The maximum absolute atomic E-state index is 12.7. The molecule has 8 nitrogen and oxygen atoms in total. The number of carboxylic acid groups (broad SMARTS) is 1. The van der Waals surface area contributed by atoms with Crippen LogP contribution in [-0.2, 0) is 9.59 Å². The van der Waals surface area contributed by atoms with E-state index in [1.807, 2.05) is 6.07 Å². The molecular formula is C24H18N2O6S. The van der Waals surface area contributed by atoms with Crippen LogP contribution in [0.2, 0.25) is 0 Å². The SMILES string of the molecule is Cc1cc(C(=O)O)ccc1-c1ccc(/C=C2/SC(=O)N(CC(=O)Nc3ccccc3)C2=O)o1. The highest BCUT2D eigenvalue weighted by atomic mass is 32.2. The minimum Gasteiger partial charge on any atom is -0.478 e. The van der Waals surface area contributed by atoms with Crippen molar-refractivity contribution in [1.82, 2.24) is 4.90 Å². The second kappa shape index (κ2) is 9.17. The molecule has 0 atom stereocenters. The van der Waals surface area contributed by atoms with E-state index < -0.39 is 29.6 Å². The molecule has 2 aromatic carbocycles. The van der Waals surface area contributed by atoms with Gasteiger partial charge >= 0.3 is 5.97 Å². The summed E-state index contributed by atoms with van der Waals surface area (Å²) in [6.45, 7) is 1.38. The summed E-state index contributed by atoms with van der Waals surface area (Å²) in [4.78, 5) is 49.4. The summed E-state index contributed by atoms with van der Waals surface area (Å²) in [5, 5.41) is 11.2. The fourth-order valence-corrected chi connectivity index (χ4v) is 4.10. The van der Waals surface area contributed by atoms with E-state index in [9.17, 15) is 19.2 Å². The van der Waals surface area contributed by atoms with E-state index >= 15 is 0 Å². The summed E-state index contributed by atoms with van der Waals surface area (Å²) in [6.07, 6.45) is 1.45. The quantitative estimate of drug-likeness (QED) is 0.513. The number of carboxylic acids is 1. The Labute approximate surface area is 192 Å². The van der Waals surface area contributed by atoms with Gasteiger partial charge in [-0.25, -0.2) is 4.79 Å². The van der Waals surface area contributed by atoms with Gasteiger partial charge in [-0.3, -0.25) is 19.3 Å². The van der Waals surface area contributed by atoms with Crippen molar-refractivity contribution in [3.63, 3.8) is 0 Å². The van der Waals surface area contributed by atoms with Crippen LogP contribution in [0.3, 0.4) is 0 Å². The number of benzene rings is 2. The molecule has 33 heavy (non-hydrogen) atoms. The number of carbonyl (C=O) groups excluding carboxylic acids is 3. The van der Waals surface area contributed by atoms with Gasteiger partial charge in [-0.2, -0.15) is 0 Å². The second-order valence-electron chi connectivity index (χ2n) is 7.22. The number of aromatic carboxylic acids is 1. The molecule has 0 saturated carbocycles. The average Bonchev–Trinajstić information content (AvgIpc) is 3.34. The number of anilines is 1. The van der Waals surface area contributed by atoms with Gasteiger partial charge in [-0.05, 0) is 60.6 Å². The first-order valence-electron chi connectivity index (χ1n) is 9.86. The number of hydrogen-bond donors (Lipinski definition) is 2. The van der Waals surface area contributed by atoms with Crippen molar-refractivity contribution in [2.45, 2.75) is 6.92 Å². The topological polar surface area (TPSA) is 117 Å². The van der Waals surface area contributed by atoms with Gasteiger partial charge < -0.3 is 14.8 Å². The van der Waals surface area contributed by atoms with Gasteiger partial charge in [0.1, 0.15) is 18.1 Å². The summed E-state index contributed by atoms with van der Waals surface area (Å²) < 4.78 is 5.79. The number of imide groups is 1. The second-order valence-corrected chi connectivity index (χ2v) is 8.21. The summed E-state index contributed by atoms with van der Waals surface area (Å²) >= 11 is 0.732. The van der Waals surface area contributed by atoms with E-state index in [0.29, 0.717) is 22.8 Å². The van der Waals surface area contributed by atoms with E-state index in [1.54, 1.807) is 55.5 Å². The molecule has 2 N–H and O–H groups in total. The third-order valence-electron chi connectivity index (χ3n) is 4.87. The standard InChI is InChI=1S/C24H18N2O6S/c1-14-11-15(23(29)30)7-9-18(14)19-10-8-17(32-19)12-20-22(28)26(24(31)33-20)13-21(27)25-16-5-3-2-4-6-16/h2-12H,13H2,1H3,(H,25,27)(H,29,30)/b20-12+. The van der Waals surface area contributed by atoms with Crippen molar-refractivity contribution < 1.29 is 28.7 Å². The van der Waals surface area contributed by atoms with E-state index in [-0.39, 0.29) is 10.5 Å². The van der Waals surface area contributed by atoms with Crippen LogP contribution in [0.25, 0.3) is 17.4 Å². The minimum atomic E-state index is -1.02. The van der Waals surface area contributed by atoms with Crippen LogP contribution in [0.1, 0.15) is 21.7 Å². The molecule has 0 aliphatic carbocycles. The number of furan rings is 1. The Morgan fingerprint density at radius 3 is 2.55 bits per heavy atom. The normalized spacial score (nSPS) is 14.7. The van der Waals surface area contributed by atoms with Crippen LogP contribution >= 0.6 is 11.8 Å². The molecule has 4 rings (SSSR count). The molecule has 3 aromatic rings. The third kappa shape index (κ3) is 4.88. The lowest BCUT2D eigenvalue weighted by Crippen LogP contribution is -2.36. The van der Waals surface area contributed by atoms with Gasteiger partial charge in [0.05, 0.1) is 10.5 Å². The Hall–Kier alpha value is -4.11. The maximum Gasteiger partial charge on any atom is 0.335 e. The Balaban J connectivity index is 1.47. The number of para-hydroxylation sites is 1. The number of nitrogens with zero attached hydrogens (tertiary/aromatic N) is 1. The molecule has 0 spiro atoms. The zero-order chi connectivity index (χ0) is 23.5. The van der Waals surface area contributed by atoms with Crippen LogP contribution in [0.15, 0.2) is 70.0 Å². The molecule has 166 valence electrons. The summed E-state index contributed by atoms with van der Waals surface area (Å²) in [5.41, 5.74) is 2.18. The number of hydrogen-bond acceptors (Lipinski definition) is 6. The van der Waals surface area contributed by atoms with Crippen molar-refractivity contribution >= 4 is 46.5 Å². The molecule has 3 amide bonds. The first kappa shape index (κ1) is 22.1. The summed E-state index contributed by atoms with van der Waals surface area (Å²) in [7, 11) is 0. The first-order valence-corrected chi connectivity index (χ1v) is 10.7. The largest absolute Gasteiger partial charge is 0.478 e. The van der Waals surface area contributed by atoms with Crippen molar-refractivity contribution in [3.8, 4) is 11.3 Å². The van der Waals surface area contributed by atoms with E-state index in [0.717, 1.165) is 22.2 Å². The van der Waals surface area contributed by atoms with Crippen LogP contribution in [0.5, 0.6) is 0 Å². The van der Waals surface area contributed by atoms with Crippen molar-refractivity contribution in [2.75, 3.05) is 11.9 Å². The van der Waals surface area contributed by atoms with Crippen LogP contribution in [0, 0.1) is 6.92 Å². The predicted octanol–water partition coefficient (Wildman–Crippen LogP) is 4.63. The Kier molecular flexibility index (Phi) is 6.14. The number of amides is 3. The number of rotatable bonds is 6. The van der Waals surface area contributed by atoms with Crippen molar-refractivity contribution in [1.29, 1.82) is 0 Å². The van der Waals surface area contributed by atoms with Crippen LogP contribution in [0.4, 0.5) is 10.5 Å². The van der Waals surface area contributed by atoms with E-state index in [1.165, 1.54) is 12.1 Å². The number of aryl methyl sites for hydroxylation is 1. The zero-order valence-electron chi connectivity index (χ0n) is 17.4. The molecule has 9 heteroatoms. The lowest BCUT2D eigenvalue weighted by molar-refractivity contribution is -0.127. The monoisotopic (exact) mass is 462 g/mol. The summed E-state index contributed by atoms with van der Waals surface area (Å²) in [6, 6.07) is 16.8. The van der Waals surface area contributed by atoms with Gasteiger partial charge in [0.15, 0.2) is 0 Å². The Bertz CT molecular complexity index is 1300. The van der Waals surface area contributed by atoms with Crippen LogP contribution < -0.4 is 5.32 Å². The molecule has 1 saturated heterocycles. The molecule has 1 aliphatic heterocycles. The lowest BCUT2D eigenvalue weighted by Gasteiger charge is -2.12. The molecule has 1 aromatic heterocycles. The zero-order valence-corrected chi connectivity index (χ0v) is 18.2. The number of carbonyl (C=O) groups is 4. The molecule has 0 radical (unpaired) electrons. The highest BCUT2D eigenvalue weighted by Gasteiger charge is 2.36. The first-order chi connectivity index (χ1) is 15.8. The number of thioether (sulfide) groups is 1. The van der Waals surface area contributed by atoms with E-state index in [4.69, 9.17) is 9.52 Å². The van der Waals surface area contributed by atoms with Crippen molar-refractivity contribution in [2.24, 2.45) is 0 Å². The third-order valence-corrected chi connectivity index (χ3v) is 5.78. The fraction of sp³-hybridized carbons (Fsp3) is 0.0833. The smallest absolute Gasteiger partial charge is 0.335 e. The fourth-order valence-electron chi connectivity index (χ4n) is 3.28. The Morgan fingerprint density at radius 1 is 1.09 bits per heavy atom. The molecule has 0 unspecified atom stereocenters. The molecule has 1 aliphatic rings.